The van der Waals surface area contributed by atoms with Crippen LogP contribution in [0.15, 0.2) is 77.7 Å². The Hall–Kier alpha value is -3.32. The Morgan fingerprint density at radius 2 is 1.70 bits per heavy atom. The molecule has 0 spiro atoms. The molecule has 1 aliphatic rings. The number of carbonyl (C=O) groups is 1. The van der Waals surface area contributed by atoms with Crippen molar-refractivity contribution in [2.45, 2.75) is 51.5 Å². The molecule has 1 amide bonds. The van der Waals surface area contributed by atoms with Gasteiger partial charge in [-0.25, -0.2) is 8.42 Å². The van der Waals surface area contributed by atoms with Gasteiger partial charge in [-0.2, -0.15) is 0 Å². The third-order valence-electron chi connectivity index (χ3n) is 7.07. The van der Waals surface area contributed by atoms with Crippen LogP contribution in [0.2, 0.25) is 0 Å². The number of para-hydroxylation sites is 1. The fourth-order valence-corrected chi connectivity index (χ4v) is 6.36. The zero-order valence-corrected chi connectivity index (χ0v) is 23.0. The number of hydrogen-bond donors (Lipinski definition) is 1. The highest BCUT2D eigenvalue weighted by Gasteiger charge is 2.28. The van der Waals surface area contributed by atoms with Crippen LogP contribution in [0, 0.1) is 19.8 Å². The molecule has 1 fully saturated rings. The highest BCUT2D eigenvalue weighted by atomic mass is 32.2. The standard InChI is InChI=1S/C30H37N3O3S/c1-22-11-17-28(18-12-22)37(35,36)33(29-10-6-5-9-24(29)3)21-30(34)31-25(4)26-13-15-27(16-14-26)32-19-7-8-23(2)20-32/h5-6,9-18,23,25H,7-8,19-21H2,1-4H3,(H,31,34). The highest BCUT2D eigenvalue weighted by Crippen LogP contribution is 2.28. The van der Waals surface area contributed by atoms with E-state index in [9.17, 15) is 13.2 Å². The lowest BCUT2D eigenvalue weighted by Gasteiger charge is -2.33. The summed E-state index contributed by atoms with van der Waals surface area (Å²) in [7, 11) is -3.94. The summed E-state index contributed by atoms with van der Waals surface area (Å²) in [6.45, 7) is 9.78. The van der Waals surface area contributed by atoms with Gasteiger partial charge < -0.3 is 10.2 Å². The summed E-state index contributed by atoms with van der Waals surface area (Å²) in [6.07, 6.45) is 2.48. The summed E-state index contributed by atoms with van der Waals surface area (Å²) in [5.41, 5.74) is 4.41. The van der Waals surface area contributed by atoms with Crippen molar-refractivity contribution in [2.75, 3.05) is 28.8 Å². The van der Waals surface area contributed by atoms with Gasteiger partial charge in [0.15, 0.2) is 0 Å². The van der Waals surface area contributed by atoms with E-state index < -0.39 is 10.0 Å². The largest absolute Gasteiger partial charge is 0.371 e. The van der Waals surface area contributed by atoms with Gasteiger partial charge in [-0.1, -0.05) is 55.0 Å². The molecule has 1 saturated heterocycles. The number of carbonyl (C=O) groups excluding carboxylic acids is 1. The Morgan fingerprint density at radius 3 is 2.35 bits per heavy atom. The second kappa shape index (κ2) is 11.4. The van der Waals surface area contributed by atoms with Crippen LogP contribution in [-0.2, 0) is 14.8 Å². The molecule has 2 unspecified atom stereocenters. The molecule has 0 radical (unpaired) electrons. The first-order valence-corrected chi connectivity index (χ1v) is 14.4. The van der Waals surface area contributed by atoms with E-state index in [-0.39, 0.29) is 23.4 Å². The molecule has 4 rings (SSSR count). The number of rotatable bonds is 8. The number of piperidine rings is 1. The van der Waals surface area contributed by atoms with Crippen LogP contribution >= 0.6 is 0 Å². The maximum absolute atomic E-state index is 13.6. The van der Waals surface area contributed by atoms with E-state index >= 15 is 0 Å². The van der Waals surface area contributed by atoms with Gasteiger partial charge in [0, 0.05) is 18.8 Å². The molecule has 1 heterocycles. The Bertz CT molecular complexity index is 1320. The van der Waals surface area contributed by atoms with Crippen molar-refractivity contribution in [3.8, 4) is 0 Å². The van der Waals surface area contributed by atoms with Crippen molar-refractivity contribution < 1.29 is 13.2 Å². The Morgan fingerprint density at radius 1 is 1.03 bits per heavy atom. The van der Waals surface area contributed by atoms with Gasteiger partial charge in [-0.15, -0.1) is 0 Å². The van der Waals surface area contributed by atoms with Crippen molar-refractivity contribution in [1.29, 1.82) is 0 Å². The molecule has 1 N–H and O–H groups in total. The normalized spacial score (nSPS) is 16.8. The maximum atomic E-state index is 13.6. The zero-order valence-electron chi connectivity index (χ0n) is 22.1. The van der Waals surface area contributed by atoms with E-state index in [1.807, 2.05) is 45.0 Å². The Balaban J connectivity index is 1.51. The summed E-state index contributed by atoms with van der Waals surface area (Å²) < 4.78 is 28.5. The number of aryl methyl sites for hydroxylation is 2. The van der Waals surface area contributed by atoms with Crippen molar-refractivity contribution in [3.63, 3.8) is 0 Å². The van der Waals surface area contributed by atoms with E-state index in [4.69, 9.17) is 0 Å². The molecule has 7 heteroatoms. The Labute approximate surface area is 221 Å². The molecule has 6 nitrogen and oxygen atoms in total. The third-order valence-corrected chi connectivity index (χ3v) is 8.85. The number of benzene rings is 3. The van der Waals surface area contributed by atoms with E-state index in [1.165, 1.54) is 22.8 Å². The number of amides is 1. The third kappa shape index (κ3) is 6.34. The van der Waals surface area contributed by atoms with Gasteiger partial charge in [0.25, 0.3) is 10.0 Å². The molecular weight excluding hydrogens is 482 g/mol. The van der Waals surface area contributed by atoms with Crippen LogP contribution in [0.25, 0.3) is 0 Å². The summed E-state index contributed by atoms with van der Waals surface area (Å²) in [5.74, 6) is 0.333. The SMILES string of the molecule is Cc1ccc(S(=O)(=O)N(CC(=O)NC(C)c2ccc(N3CCCC(C)C3)cc2)c2ccccc2C)cc1. The summed E-state index contributed by atoms with van der Waals surface area (Å²) in [6, 6.07) is 22.0. The quantitative estimate of drug-likeness (QED) is 0.420. The van der Waals surface area contributed by atoms with Crippen LogP contribution in [0.1, 0.15) is 49.4 Å². The molecule has 0 saturated carbocycles. The smallest absolute Gasteiger partial charge is 0.264 e. The van der Waals surface area contributed by atoms with Crippen molar-refractivity contribution in [1.82, 2.24) is 5.32 Å². The number of nitrogens with zero attached hydrogens (tertiary/aromatic N) is 2. The minimum absolute atomic E-state index is 0.157. The molecule has 3 aromatic rings. The van der Waals surface area contributed by atoms with Crippen LogP contribution < -0.4 is 14.5 Å². The molecule has 1 aliphatic heterocycles. The lowest BCUT2D eigenvalue weighted by Crippen LogP contribution is -2.42. The molecule has 0 aromatic heterocycles. The maximum Gasteiger partial charge on any atom is 0.264 e. The highest BCUT2D eigenvalue weighted by molar-refractivity contribution is 7.92. The van der Waals surface area contributed by atoms with Crippen LogP contribution in [0.5, 0.6) is 0 Å². The topological polar surface area (TPSA) is 69.7 Å². The summed E-state index contributed by atoms with van der Waals surface area (Å²) in [4.78, 5) is 15.7. The van der Waals surface area contributed by atoms with Gasteiger partial charge in [0.05, 0.1) is 16.6 Å². The lowest BCUT2D eigenvalue weighted by atomic mass is 9.99. The van der Waals surface area contributed by atoms with Gasteiger partial charge in [-0.05, 0) is 81.0 Å². The molecule has 2 atom stereocenters. The van der Waals surface area contributed by atoms with Crippen LogP contribution in [0.4, 0.5) is 11.4 Å². The van der Waals surface area contributed by atoms with Gasteiger partial charge in [0.1, 0.15) is 6.54 Å². The fraction of sp³-hybridized carbons (Fsp3) is 0.367. The fourth-order valence-electron chi connectivity index (χ4n) is 4.88. The second-order valence-corrected chi connectivity index (χ2v) is 12.0. The average molecular weight is 520 g/mol. The van der Waals surface area contributed by atoms with Gasteiger partial charge >= 0.3 is 0 Å². The zero-order chi connectivity index (χ0) is 26.6. The van der Waals surface area contributed by atoms with Gasteiger partial charge in [0.2, 0.25) is 5.91 Å². The van der Waals surface area contributed by atoms with E-state index in [0.29, 0.717) is 11.6 Å². The van der Waals surface area contributed by atoms with E-state index in [1.54, 1.807) is 36.4 Å². The molecule has 37 heavy (non-hydrogen) atoms. The number of nitrogens with one attached hydrogen (secondary N) is 1. The van der Waals surface area contributed by atoms with Gasteiger partial charge in [-0.3, -0.25) is 9.10 Å². The number of sulfonamides is 1. The summed E-state index contributed by atoms with van der Waals surface area (Å²) in [5, 5.41) is 3.00. The minimum atomic E-state index is -3.94. The first-order valence-electron chi connectivity index (χ1n) is 12.9. The number of anilines is 2. The van der Waals surface area contributed by atoms with Crippen molar-refractivity contribution in [2.24, 2.45) is 5.92 Å². The van der Waals surface area contributed by atoms with Crippen LogP contribution in [0.3, 0.4) is 0 Å². The first kappa shape index (κ1) is 26.7. The predicted molar refractivity (Wildman–Crippen MR) is 151 cm³/mol. The molecule has 0 bridgehead atoms. The minimum Gasteiger partial charge on any atom is -0.371 e. The molecular formula is C30H37N3O3S. The molecule has 3 aromatic carbocycles. The lowest BCUT2D eigenvalue weighted by molar-refractivity contribution is -0.120. The molecule has 0 aliphatic carbocycles. The van der Waals surface area contributed by atoms with Crippen molar-refractivity contribution in [3.05, 3.63) is 89.5 Å². The second-order valence-electron chi connectivity index (χ2n) is 10.2. The van der Waals surface area contributed by atoms with E-state index in [2.05, 4.69) is 29.3 Å². The average Bonchev–Trinajstić information content (AvgIpc) is 2.88. The van der Waals surface area contributed by atoms with Crippen LogP contribution in [-0.4, -0.2) is 34.0 Å². The van der Waals surface area contributed by atoms with Crippen molar-refractivity contribution >= 4 is 27.3 Å². The monoisotopic (exact) mass is 519 g/mol. The van der Waals surface area contributed by atoms with E-state index in [0.717, 1.165) is 29.8 Å². The Kier molecular flexibility index (Phi) is 8.22. The summed E-state index contributed by atoms with van der Waals surface area (Å²) >= 11 is 0. The predicted octanol–water partition coefficient (Wildman–Crippen LogP) is 5.61. The molecule has 196 valence electrons. The first-order chi connectivity index (χ1) is 17.6. The number of hydrogen-bond acceptors (Lipinski definition) is 4.